The monoisotopic (exact) mass is 412 g/mol. The van der Waals surface area contributed by atoms with Gasteiger partial charge < -0.3 is 0 Å². The van der Waals surface area contributed by atoms with E-state index < -0.39 is 0 Å². The van der Waals surface area contributed by atoms with Gasteiger partial charge in [-0.25, -0.2) is 0 Å². The second kappa shape index (κ2) is 5.07. The maximum atomic E-state index is 11.8. The molecule has 0 unspecified atom stereocenters. The van der Waals surface area contributed by atoms with Crippen LogP contribution in [0.1, 0.15) is 15.2 Å². The third-order valence-corrected chi connectivity index (χ3v) is 5.27. The normalized spacial score (nSPS) is 10.5. The molecule has 2 aromatic rings. The van der Waals surface area contributed by atoms with Gasteiger partial charge >= 0.3 is 0 Å². The molecule has 0 amide bonds. The molecule has 15 heavy (non-hydrogen) atoms. The van der Waals surface area contributed by atoms with E-state index in [-0.39, 0.29) is 5.78 Å². The Morgan fingerprint density at radius 2 is 2.27 bits per heavy atom. The van der Waals surface area contributed by atoms with Gasteiger partial charge in [-0.3, -0.25) is 4.79 Å². The first-order valence-corrected chi connectivity index (χ1v) is 7.73. The molecule has 2 rings (SSSR count). The SMILES string of the molecule is O=C(Cc1ccc(Br)s1)c1csc(I)c1. The standard InChI is InChI=1S/C10H6BrIOS2/c11-9-2-1-7(15-9)4-8(13)6-3-10(12)14-5-6/h1-3,5H,4H2. The van der Waals surface area contributed by atoms with Crippen LogP contribution in [-0.2, 0) is 6.42 Å². The smallest absolute Gasteiger partial charge is 0.168 e. The van der Waals surface area contributed by atoms with Crippen LogP contribution in [-0.4, -0.2) is 5.78 Å². The molecule has 0 aromatic carbocycles. The molecule has 0 radical (unpaired) electrons. The lowest BCUT2D eigenvalue weighted by Gasteiger charge is -1.93. The summed E-state index contributed by atoms with van der Waals surface area (Å²) in [5.74, 6) is 0.198. The van der Waals surface area contributed by atoms with Crippen molar-refractivity contribution in [3.05, 3.63) is 40.7 Å². The zero-order valence-electron chi connectivity index (χ0n) is 7.50. The van der Waals surface area contributed by atoms with Crippen molar-refractivity contribution in [2.24, 2.45) is 0 Å². The largest absolute Gasteiger partial charge is 0.294 e. The van der Waals surface area contributed by atoms with E-state index in [1.54, 1.807) is 22.7 Å². The molecule has 0 bridgehead atoms. The summed E-state index contributed by atoms with van der Waals surface area (Å²) in [6.45, 7) is 0. The van der Waals surface area contributed by atoms with Crippen LogP contribution in [0.3, 0.4) is 0 Å². The van der Waals surface area contributed by atoms with Gasteiger partial charge in [-0.15, -0.1) is 22.7 Å². The number of thiophene rings is 2. The van der Waals surface area contributed by atoms with E-state index >= 15 is 0 Å². The Balaban J connectivity index is 2.10. The molecule has 78 valence electrons. The van der Waals surface area contributed by atoms with E-state index in [0.29, 0.717) is 6.42 Å². The van der Waals surface area contributed by atoms with Crippen LogP contribution in [0.2, 0.25) is 0 Å². The summed E-state index contributed by atoms with van der Waals surface area (Å²) in [5, 5.41) is 1.92. The lowest BCUT2D eigenvalue weighted by Crippen LogP contribution is -1.99. The highest BCUT2D eigenvalue weighted by Crippen LogP contribution is 2.24. The molecule has 0 aliphatic heterocycles. The highest BCUT2D eigenvalue weighted by atomic mass is 127. The highest BCUT2D eigenvalue weighted by molar-refractivity contribution is 14.1. The minimum absolute atomic E-state index is 0.198. The van der Waals surface area contributed by atoms with E-state index in [0.717, 1.165) is 17.1 Å². The van der Waals surface area contributed by atoms with Gasteiger partial charge in [0.15, 0.2) is 5.78 Å². The molecule has 0 fully saturated rings. The number of hydrogen-bond acceptors (Lipinski definition) is 3. The Morgan fingerprint density at radius 1 is 1.47 bits per heavy atom. The maximum Gasteiger partial charge on any atom is 0.168 e. The lowest BCUT2D eigenvalue weighted by atomic mass is 10.1. The topological polar surface area (TPSA) is 17.1 Å². The first-order valence-electron chi connectivity index (χ1n) is 4.16. The van der Waals surface area contributed by atoms with Crippen molar-refractivity contribution < 1.29 is 4.79 Å². The molecule has 2 heterocycles. The van der Waals surface area contributed by atoms with E-state index in [2.05, 4.69) is 38.5 Å². The van der Waals surface area contributed by atoms with Gasteiger partial charge in [0.1, 0.15) is 0 Å². The van der Waals surface area contributed by atoms with Crippen LogP contribution in [0.5, 0.6) is 0 Å². The Labute approximate surface area is 118 Å². The molecule has 0 saturated heterocycles. The Bertz CT molecular complexity index is 489. The van der Waals surface area contributed by atoms with Crippen LogP contribution < -0.4 is 0 Å². The predicted molar refractivity (Wildman–Crippen MR) is 77.1 cm³/mol. The zero-order chi connectivity index (χ0) is 10.8. The second-order valence-electron chi connectivity index (χ2n) is 2.95. The highest BCUT2D eigenvalue weighted by Gasteiger charge is 2.10. The van der Waals surface area contributed by atoms with Crippen LogP contribution in [0.4, 0.5) is 0 Å². The molecule has 0 spiro atoms. The third kappa shape index (κ3) is 3.12. The summed E-state index contributed by atoms with van der Waals surface area (Å²) in [7, 11) is 0. The first-order chi connectivity index (χ1) is 7.15. The molecule has 0 saturated carbocycles. The van der Waals surface area contributed by atoms with E-state index in [4.69, 9.17) is 0 Å². The number of ketones is 1. The molecule has 0 atom stereocenters. The van der Waals surface area contributed by atoms with Gasteiger partial charge in [-0.2, -0.15) is 0 Å². The van der Waals surface area contributed by atoms with Gasteiger partial charge in [0.25, 0.3) is 0 Å². The third-order valence-electron chi connectivity index (χ3n) is 1.85. The molecular weight excluding hydrogens is 407 g/mol. The van der Waals surface area contributed by atoms with Gasteiger partial charge in [-0.05, 0) is 56.7 Å². The summed E-state index contributed by atoms with van der Waals surface area (Å²) < 4.78 is 2.23. The fraction of sp³-hybridized carbons (Fsp3) is 0.100. The van der Waals surface area contributed by atoms with Gasteiger partial charge in [-0.1, -0.05) is 0 Å². The minimum Gasteiger partial charge on any atom is -0.294 e. The number of Topliss-reactive ketones (excluding diaryl/α,β-unsaturated/α-hetero) is 1. The Kier molecular flexibility index (Phi) is 3.98. The second-order valence-corrected chi connectivity index (χ2v) is 8.30. The fourth-order valence-corrected chi connectivity index (χ4v) is 4.00. The summed E-state index contributed by atoms with van der Waals surface area (Å²) >= 11 is 8.84. The summed E-state index contributed by atoms with van der Waals surface area (Å²) in [6.07, 6.45) is 0.503. The zero-order valence-corrected chi connectivity index (χ0v) is 12.9. The van der Waals surface area contributed by atoms with Crippen molar-refractivity contribution in [1.82, 2.24) is 0 Å². The molecule has 2 aromatic heterocycles. The van der Waals surface area contributed by atoms with Crippen LogP contribution in [0, 0.1) is 2.88 Å². The first kappa shape index (κ1) is 11.8. The van der Waals surface area contributed by atoms with Crippen molar-refractivity contribution in [2.45, 2.75) is 6.42 Å². The molecule has 0 N–H and O–H groups in total. The predicted octanol–water partition coefficient (Wildman–Crippen LogP) is 4.60. The molecule has 0 aliphatic rings. The van der Waals surface area contributed by atoms with Crippen molar-refractivity contribution in [3.63, 3.8) is 0 Å². The average Bonchev–Trinajstić information content (AvgIpc) is 2.75. The lowest BCUT2D eigenvalue weighted by molar-refractivity contribution is 0.0994. The summed E-state index contributed by atoms with van der Waals surface area (Å²) in [6, 6.07) is 5.91. The van der Waals surface area contributed by atoms with Crippen LogP contribution in [0.15, 0.2) is 27.4 Å². The van der Waals surface area contributed by atoms with Crippen molar-refractivity contribution in [2.75, 3.05) is 0 Å². The van der Waals surface area contributed by atoms with Gasteiger partial charge in [0, 0.05) is 22.2 Å². The van der Waals surface area contributed by atoms with Gasteiger partial charge in [0.2, 0.25) is 0 Å². The van der Waals surface area contributed by atoms with Crippen molar-refractivity contribution in [3.8, 4) is 0 Å². The molecule has 0 aliphatic carbocycles. The number of carbonyl (C=O) groups is 1. The number of rotatable bonds is 3. The number of carbonyl (C=O) groups excluding carboxylic acids is 1. The van der Waals surface area contributed by atoms with E-state index in [1.807, 2.05) is 23.6 Å². The fourth-order valence-electron chi connectivity index (χ4n) is 1.16. The maximum absolute atomic E-state index is 11.8. The van der Waals surface area contributed by atoms with Crippen molar-refractivity contribution >= 4 is 67.0 Å². The molecular formula is C10H6BrIOS2. The van der Waals surface area contributed by atoms with Crippen LogP contribution >= 0.6 is 61.2 Å². The van der Waals surface area contributed by atoms with E-state index in [1.165, 1.54) is 0 Å². The van der Waals surface area contributed by atoms with Crippen molar-refractivity contribution in [1.29, 1.82) is 0 Å². The number of hydrogen-bond donors (Lipinski definition) is 0. The average molecular weight is 413 g/mol. The molecule has 5 heteroatoms. The number of halogens is 2. The van der Waals surface area contributed by atoms with E-state index in [9.17, 15) is 4.79 Å². The molecule has 1 nitrogen and oxygen atoms in total. The van der Waals surface area contributed by atoms with Crippen LogP contribution in [0.25, 0.3) is 0 Å². The Morgan fingerprint density at radius 3 is 2.80 bits per heavy atom. The minimum atomic E-state index is 0.198. The van der Waals surface area contributed by atoms with Gasteiger partial charge in [0.05, 0.1) is 6.67 Å². The summed E-state index contributed by atoms with van der Waals surface area (Å²) in [5.41, 5.74) is 0.828. The summed E-state index contributed by atoms with van der Waals surface area (Å²) in [4.78, 5) is 12.9. The Hall–Kier alpha value is 0.280. The quantitative estimate of drug-likeness (QED) is 0.531.